The number of benzene rings is 2. The lowest BCUT2D eigenvalue weighted by atomic mass is 10.1. The lowest BCUT2D eigenvalue weighted by Gasteiger charge is -2.08. The number of carbonyl (C=O) groups excluding carboxylic acids is 3. The molecule has 2 N–H and O–H groups in total. The van der Waals surface area contributed by atoms with E-state index in [9.17, 15) is 14.4 Å². The van der Waals surface area contributed by atoms with Gasteiger partial charge in [-0.1, -0.05) is 0 Å². The zero-order valence-corrected chi connectivity index (χ0v) is 13.5. The predicted octanol–water partition coefficient (Wildman–Crippen LogP) is 4.20. The maximum absolute atomic E-state index is 11.9. The third-order valence-corrected chi connectivity index (χ3v) is 3.20. The number of hydrogen-bond acceptors (Lipinski definition) is 4. The van der Waals surface area contributed by atoms with E-state index in [1.54, 1.807) is 55.5 Å². The lowest BCUT2D eigenvalue weighted by Crippen LogP contribution is -2.19. The number of ether oxygens (including phenoxy) is 1. The summed E-state index contributed by atoms with van der Waals surface area (Å²) in [6.45, 7) is 3.53. The summed E-state index contributed by atoms with van der Waals surface area (Å²) in [5, 5.41) is 5.32. The standard InChI is InChI=1S/C18H18N2O4.2H2/c1-3-24-17(22)14-6-10-16(11-7-14)20-18(23)19-15-8-4-13(5-9-15)12(2)21;;/h4-11H,3H2,1-2H3,(H2,19,20,23);2*1H. The Morgan fingerprint density at radius 2 is 1.33 bits per heavy atom. The first-order valence-corrected chi connectivity index (χ1v) is 7.46. The van der Waals surface area contributed by atoms with E-state index in [2.05, 4.69) is 10.6 Å². The number of ketones is 1. The zero-order valence-electron chi connectivity index (χ0n) is 13.5. The number of esters is 1. The van der Waals surface area contributed by atoms with Gasteiger partial charge in [0.25, 0.3) is 0 Å². The van der Waals surface area contributed by atoms with Crippen molar-refractivity contribution in [3.05, 3.63) is 59.7 Å². The quantitative estimate of drug-likeness (QED) is 0.635. The topological polar surface area (TPSA) is 84.5 Å². The smallest absolute Gasteiger partial charge is 0.338 e. The third-order valence-electron chi connectivity index (χ3n) is 3.20. The molecule has 0 spiro atoms. The Labute approximate surface area is 142 Å². The number of urea groups is 1. The van der Waals surface area contributed by atoms with Crippen LogP contribution in [0.3, 0.4) is 0 Å². The number of hydrogen-bond donors (Lipinski definition) is 2. The summed E-state index contributed by atoms with van der Waals surface area (Å²) in [6, 6.07) is 12.6. The van der Waals surface area contributed by atoms with Crippen molar-refractivity contribution in [1.82, 2.24) is 0 Å². The summed E-state index contributed by atoms with van der Waals surface area (Å²) in [5.41, 5.74) is 2.11. The van der Waals surface area contributed by atoms with Crippen LogP contribution < -0.4 is 10.6 Å². The number of Topliss-reactive ketones (excluding diaryl/α,β-unsaturated/α-hetero) is 1. The van der Waals surface area contributed by atoms with Gasteiger partial charge in [0, 0.05) is 19.8 Å². The third kappa shape index (κ3) is 4.67. The second-order valence-electron chi connectivity index (χ2n) is 5.01. The van der Waals surface area contributed by atoms with Crippen molar-refractivity contribution in [3.8, 4) is 0 Å². The molecule has 0 aromatic heterocycles. The van der Waals surface area contributed by atoms with Crippen LogP contribution in [0.15, 0.2) is 48.5 Å². The summed E-state index contributed by atoms with van der Waals surface area (Å²) < 4.78 is 4.89. The molecule has 0 bridgehead atoms. The fourth-order valence-corrected chi connectivity index (χ4v) is 1.99. The molecule has 0 radical (unpaired) electrons. The van der Waals surface area contributed by atoms with Crippen LogP contribution >= 0.6 is 0 Å². The Balaban J connectivity index is 0.00000312. The van der Waals surface area contributed by atoms with Crippen molar-refractivity contribution in [2.24, 2.45) is 0 Å². The molecule has 0 saturated heterocycles. The molecule has 0 unspecified atom stereocenters. The molecular formula is C18H22N2O4. The van der Waals surface area contributed by atoms with E-state index in [0.717, 1.165) is 0 Å². The highest BCUT2D eigenvalue weighted by atomic mass is 16.5. The number of amides is 2. The van der Waals surface area contributed by atoms with Gasteiger partial charge in [0.2, 0.25) is 0 Å². The molecule has 2 aromatic carbocycles. The molecule has 0 saturated carbocycles. The average Bonchev–Trinajstić information content (AvgIpc) is 2.56. The number of nitrogens with one attached hydrogen (secondary N) is 2. The first-order chi connectivity index (χ1) is 11.5. The molecule has 2 rings (SSSR count). The van der Waals surface area contributed by atoms with Gasteiger partial charge in [-0.05, 0) is 62.4 Å². The maximum atomic E-state index is 11.9. The molecular weight excluding hydrogens is 308 g/mol. The molecule has 6 nitrogen and oxygen atoms in total. The predicted molar refractivity (Wildman–Crippen MR) is 95.7 cm³/mol. The summed E-state index contributed by atoms with van der Waals surface area (Å²) in [5.74, 6) is -0.438. The Bertz CT molecular complexity index is 747. The van der Waals surface area contributed by atoms with Gasteiger partial charge < -0.3 is 15.4 Å². The minimum atomic E-state index is -0.422. The normalized spacial score (nSPS) is 9.92. The zero-order chi connectivity index (χ0) is 17.5. The fraction of sp³-hybridized carbons (Fsp3) is 0.167. The number of carbonyl (C=O) groups is 3. The summed E-state index contributed by atoms with van der Waals surface area (Å²) in [6.07, 6.45) is 0. The fourth-order valence-electron chi connectivity index (χ4n) is 1.99. The van der Waals surface area contributed by atoms with Gasteiger partial charge in [-0.2, -0.15) is 0 Å². The average molecular weight is 330 g/mol. The van der Waals surface area contributed by atoms with Crippen molar-refractivity contribution in [1.29, 1.82) is 0 Å². The molecule has 24 heavy (non-hydrogen) atoms. The van der Waals surface area contributed by atoms with Gasteiger partial charge >= 0.3 is 12.0 Å². The van der Waals surface area contributed by atoms with Crippen molar-refractivity contribution < 1.29 is 22.0 Å². The molecule has 0 atom stereocenters. The van der Waals surface area contributed by atoms with Gasteiger partial charge in [-0.3, -0.25) is 4.79 Å². The first kappa shape index (κ1) is 17.2. The SMILES string of the molecule is CCOC(=O)c1ccc(NC(=O)Nc2ccc(C(C)=O)cc2)cc1.[HH].[HH]. The first-order valence-electron chi connectivity index (χ1n) is 7.46. The van der Waals surface area contributed by atoms with Crippen LogP contribution in [0, 0.1) is 0 Å². The van der Waals surface area contributed by atoms with E-state index in [0.29, 0.717) is 29.1 Å². The van der Waals surface area contributed by atoms with Crippen LogP contribution in [0.2, 0.25) is 0 Å². The van der Waals surface area contributed by atoms with E-state index < -0.39 is 12.0 Å². The van der Waals surface area contributed by atoms with Crippen molar-refractivity contribution >= 4 is 29.2 Å². The van der Waals surface area contributed by atoms with E-state index in [4.69, 9.17) is 4.74 Å². The molecule has 0 fully saturated rings. The van der Waals surface area contributed by atoms with Crippen molar-refractivity contribution in [2.45, 2.75) is 13.8 Å². The van der Waals surface area contributed by atoms with Crippen LogP contribution in [0.5, 0.6) is 0 Å². The summed E-state index contributed by atoms with van der Waals surface area (Å²) in [7, 11) is 0. The van der Waals surface area contributed by atoms with Crippen LogP contribution in [0.1, 0.15) is 37.4 Å². The molecule has 0 heterocycles. The Kier molecular flexibility index (Phi) is 5.68. The van der Waals surface area contributed by atoms with E-state index >= 15 is 0 Å². The Morgan fingerprint density at radius 1 is 0.875 bits per heavy atom. The number of anilines is 2. The van der Waals surface area contributed by atoms with Gasteiger partial charge in [0.1, 0.15) is 0 Å². The largest absolute Gasteiger partial charge is 0.462 e. The molecule has 6 heteroatoms. The summed E-state index contributed by atoms with van der Waals surface area (Å²) in [4.78, 5) is 34.7. The highest BCUT2D eigenvalue weighted by Crippen LogP contribution is 2.13. The molecule has 2 amide bonds. The molecule has 0 aliphatic carbocycles. The van der Waals surface area contributed by atoms with E-state index in [1.807, 2.05) is 0 Å². The molecule has 0 aliphatic rings. The van der Waals surface area contributed by atoms with Crippen LogP contribution in [0.25, 0.3) is 0 Å². The van der Waals surface area contributed by atoms with Gasteiger partial charge in [-0.15, -0.1) is 0 Å². The van der Waals surface area contributed by atoms with Crippen LogP contribution in [0.4, 0.5) is 16.2 Å². The van der Waals surface area contributed by atoms with Gasteiger partial charge in [-0.25, -0.2) is 9.59 Å². The monoisotopic (exact) mass is 330 g/mol. The highest BCUT2D eigenvalue weighted by molar-refractivity contribution is 6.00. The Morgan fingerprint density at radius 3 is 1.75 bits per heavy atom. The van der Waals surface area contributed by atoms with Crippen molar-refractivity contribution in [2.75, 3.05) is 17.2 Å². The molecule has 2 aromatic rings. The maximum Gasteiger partial charge on any atom is 0.338 e. The minimum absolute atomic E-state index is 0. The minimum Gasteiger partial charge on any atom is -0.462 e. The van der Waals surface area contributed by atoms with Crippen LogP contribution in [-0.2, 0) is 4.74 Å². The van der Waals surface area contributed by atoms with Crippen LogP contribution in [-0.4, -0.2) is 24.4 Å². The van der Waals surface area contributed by atoms with E-state index in [-0.39, 0.29) is 8.64 Å². The molecule has 128 valence electrons. The highest BCUT2D eigenvalue weighted by Gasteiger charge is 2.07. The van der Waals surface area contributed by atoms with Crippen molar-refractivity contribution in [3.63, 3.8) is 0 Å². The second-order valence-corrected chi connectivity index (χ2v) is 5.01. The Hall–Kier alpha value is -3.15. The number of rotatable bonds is 5. The lowest BCUT2D eigenvalue weighted by molar-refractivity contribution is 0.0526. The van der Waals surface area contributed by atoms with Gasteiger partial charge in [0.15, 0.2) is 5.78 Å². The van der Waals surface area contributed by atoms with Gasteiger partial charge in [0.05, 0.1) is 12.2 Å². The van der Waals surface area contributed by atoms with E-state index in [1.165, 1.54) is 6.92 Å². The second kappa shape index (κ2) is 7.92. The summed E-state index contributed by atoms with van der Waals surface area (Å²) >= 11 is 0. The molecule has 0 aliphatic heterocycles.